The molecule has 0 amide bonds. The molecule has 1 aromatic rings. The van der Waals surface area contributed by atoms with Crippen molar-refractivity contribution < 1.29 is 9.50 Å². The fraction of sp³-hybridized carbons (Fsp3) is 0.455. The molecule has 0 aliphatic rings. The van der Waals surface area contributed by atoms with Crippen molar-refractivity contribution in [2.45, 2.75) is 32.8 Å². The number of aliphatic hydroxyl groups is 1. The monoisotopic (exact) mass is 182 g/mol. The van der Waals surface area contributed by atoms with E-state index < -0.39 is 6.10 Å². The lowest BCUT2D eigenvalue weighted by Crippen LogP contribution is -1.99. The van der Waals surface area contributed by atoms with Crippen LogP contribution in [0.3, 0.4) is 0 Å². The van der Waals surface area contributed by atoms with E-state index in [1.807, 2.05) is 13.8 Å². The van der Waals surface area contributed by atoms with E-state index in [2.05, 4.69) is 0 Å². The molecule has 0 aliphatic heterocycles. The fourth-order valence-corrected chi connectivity index (χ4v) is 1.44. The summed E-state index contributed by atoms with van der Waals surface area (Å²) in [4.78, 5) is 0. The number of aryl methyl sites for hydroxylation is 1. The Morgan fingerprint density at radius 3 is 2.69 bits per heavy atom. The molecule has 0 saturated heterocycles. The molecule has 1 aromatic carbocycles. The van der Waals surface area contributed by atoms with Crippen LogP contribution >= 0.6 is 0 Å². The van der Waals surface area contributed by atoms with Crippen LogP contribution in [0.5, 0.6) is 0 Å². The predicted octanol–water partition coefficient (Wildman–Crippen LogP) is 2.97. The first-order valence-electron chi connectivity index (χ1n) is 4.59. The van der Waals surface area contributed by atoms with Gasteiger partial charge in [0.1, 0.15) is 5.82 Å². The highest BCUT2D eigenvalue weighted by Gasteiger charge is 2.09. The van der Waals surface area contributed by atoms with Crippen LogP contribution in [0.2, 0.25) is 0 Å². The summed E-state index contributed by atoms with van der Waals surface area (Å²) < 4.78 is 12.7. The van der Waals surface area contributed by atoms with Gasteiger partial charge in [0.2, 0.25) is 0 Å². The third kappa shape index (κ3) is 2.52. The Morgan fingerprint density at radius 1 is 1.46 bits per heavy atom. The van der Waals surface area contributed by atoms with Crippen molar-refractivity contribution in [3.05, 3.63) is 35.1 Å². The van der Waals surface area contributed by atoms with Crippen LogP contribution in [0.15, 0.2) is 18.2 Å². The van der Waals surface area contributed by atoms with Crippen LogP contribution < -0.4 is 0 Å². The molecule has 1 unspecified atom stereocenters. The zero-order valence-corrected chi connectivity index (χ0v) is 8.05. The van der Waals surface area contributed by atoms with E-state index in [0.29, 0.717) is 0 Å². The van der Waals surface area contributed by atoms with E-state index in [-0.39, 0.29) is 5.82 Å². The van der Waals surface area contributed by atoms with E-state index in [4.69, 9.17) is 0 Å². The Hall–Kier alpha value is -0.890. The Balaban J connectivity index is 2.88. The molecule has 2 heteroatoms. The lowest BCUT2D eigenvalue weighted by molar-refractivity contribution is 0.165. The normalized spacial score (nSPS) is 12.9. The third-order valence-electron chi connectivity index (χ3n) is 2.15. The molecule has 0 spiro atoms. The predicted molar refractivity (Wildman–Crippen MR) is 51.0 cm³/mol. The number of halogens is 1. The molecule has 13 heavy (non-hydrogen) atoms. The van der Waals surface area contributed by atoms with Crippen LogP contribution in [0.25, 0.3) is 0 Å². The van der Waals surface area contributed by atoms with Crippen molar-refractivity contribution in [2.75, 3.05) is 0 Å². The smallest absolute Gasteiger partial charge is 0.123 e. The van der Waals surface area contributed by atoms with Gasteiger partial charge in [-0.25, -0.2) is 4.39 Å². The van der Waals surface area contributed by atoms with Gasteiger partial charge in [-0.1, -0.05) is 19.4 Å². The van der Waals surface area contributed by atoms with Gasteiger partial charge in [0, 0.05) is 0 Å². The van der Waals surface area contributed by atoms with Crippen molar-refractivity contribution in [2.24, 2.45) is 0 Å². The van der Waals surface area contributed by atoms with Gasteiger partial charge in [-0.2, -0.15) is 0 Å². The Kier molecular flexibility index (Phi) is 3.43. The van der Waals surface area contributed by atoms with E-state index in [9.17, 15) is 9.50 Å². The molecule has 1 nitrogen and oxygen atoms in total. The molecular weight excluding hydrogens is 167 g/mol. The van der Waals surface area contributed by atoms with Crippen LogP contribution in [0.1, 0.15) is 37.0 Å². The lowest BCUT2D eigenvalue weighted by atomic mass is 10.0. The van der Waals surface area contributed by atoms with Crippen LogP contribution in [0.4, 0.5) is 4.39 Å². The topological polar surface area (TPSA) is 20.2 Å². The molecule has 0 fully saturated rings. The zero-order valence-electron chi connectivity index (χ0n) is 8.05. The maximum absolute atomic E-state index is 12.7. The van der Waals surface area contributed by atoms with Gasteiger partial charge in [-0.05, 0) is 36.6 Å². The SMILES string of the molecule is CCCC(O)c1ccc(F)cc1C. The molecule has 1 atom stereocenters. The molecule has 1 N–H and O–H groups in total. The molecule has 0 radical (unpaired) electrons. The number of rotatable bonds is 3. The third-order valence-corrected chi connectivity index (χ3v) is 2.15. The second-order valence-corrected chi connectivity index (χ2v) is 3.31. The van der Waals surface area contributed by atoms with Crippen LogP contribution in [0, 0.1) is 12.7 Å². The molecular formula is C11H15FO. The Labute approximate surface area is 78.2 Å². The summed E-state index contributed by atoms with van der Waals surface area (Å²) in [5, 5.41) is 9.67. The summed E-state index contributed by atoms with van der Waals surface area (Å²) in [6.07, 6.45) is 1.20. The summed E-state index contributed by atoms with van der Waals surface area (Å²) in [5.74, 6) is -0.245. The first-order chi connectivity index (χ1) is 6.15. The van der Waals surface area contributed by atoms with Crippen molar-refractivity contribution in [1.82, 2.24) is 0 Å². The van der Waals surface area contributed by atoms with E-state index in [0.717, 1.165) is 24.0 Å². The summed E-state index contributed by atoms with van der Waals surface area (Å²) in [6, 6.07) is 4.50. The summed E-state index contributed by atoms with van der Waals surface area (Å²) in [5.41, 5.74) is 1.66. The molecule has 1 rings (SSSR count). The second-order valence-electron chi connectivity index (χ2n) is 3.31. The first kappa shape index (κ1) is 10.2. The van der Waals surface area contributed by atoms with E-state index >= 15 is 0 Å². The largest absolute Gasteiger partial charge is 0.388 e. The van der Waals surface area contributed by atoms with Gasteiger partial charge < -0.3 is 5.11 Å². The molecule has 72 valence electrons. The summed E-state index contributed by atoms with van der Waals surface area (Å²) in [6.45, 7) is 3.83. The number of aliphatic hydroxyl groups excluding tert-OH is 1. The molecule has 0 aromatic heterocycles. The first-order valence-corrected chi connectivity index (χ1v) is 4.59. The Bertz CT molecular complexity index is 283. The quantitative estimate of drug-likeness (QED) is 0.762. The van der Waals surface area contributed by atoms with Crippen molar-refractivity contribution in [3.63, 3.8) is 0 Å². The van der Waals surface area contributed by atoms with Crippen LogP contribution in [-0.4, -0.2) is 5.11 Å². The highest BCUT2D eigenvalue weighted by molar-refractivity contribution is 5.28. The van der Waals surface area contributed by atoms with Gasteiger partial charge in [-0.15, -0.1) is 0 Å². The molecule has 0 aliphatic carbocycles. The van der Waals surface area contributed by atoms with E-state index in [1.54, 1.807) is 6.07 Å². The fourth-order valence-electron chi connectivity index (χ4n) is 1.44. The minimum atomic E-state index is -0.453. The maximum atomic E-state index is 12.7. The average Bonchev–Trinajstić information content (AvgIpc) is 2.04. The van der Waals surface area contributed by atoms with Crippen LogP contribution in [-0.2, 0) is 0 Å². The highest BCUT2D eigenvalue weighted by atomic mass is 19.1. The minimum Gasteiger partial charge on any atom is -0.388 e. The standard InChI is InChI=1S/C11H15FO/c1-3-4-11(13)10-6-5-9(12)7-8(10)2/h5-7,11,13H,3-4H2,1-2H3. The van der Waals surface area contributed by atoms with Gasteiger partial charge in [0.25, 0.3) is 0 Å². The molecule has 0 saturated carbocycles. The summed E-state index contributed by atoms with van der Waals surface area (Å²) >= 11 is 0. The van der Waals surface area contributed by atoms with Gasteiger partial charge in [0.15, 0.2) is 0 Å². The second kappa shape index (κ2) is 4.38. The lowest BCUT2D eigenvalue weighted by Gasteiger charge is -2.12. The number of benzene rings is 1. The van der Waals surface area contributed by atoms with Gasteiger partial charge in [-0.3, -0.25) is 0 Å². The van der Waals surface area contributed by atoms with Crippen molar-refractivity contribution >= 4 is 0 Å². The highest BCUT2D eigenvalue weighted by Crippen LogP contribution is 2.22. The number of hydrogen-bond acceptors (Lipinski definition) is 1. The van der Waals surface area contributed by atoms with E-state index in [1.165, 1.54) is 12.1 Å². The van der Waals surface area contributed by atoms with Gasteiger partial charge in [0.05, 0.1) is 6.10 Å². The minimum absolute atomic E-state index is 0.245. The van der Waals surface area contributed by atoms with Crippen molar-refractivity contribution in [1.29, 1.82) is 0 Å². The zero-order chi connectivity index (χ0) is 9.84. The van der Waals surface area contributed by atoms with Gasteiger partial charge >= 0.3 is 0 Å². The Morgan fingerprint density at radius 2 is 2.15 bits per heavy atom. The molecule has 0 bridgehead atoms. The average molecular weight is 182 g/mol. The summed E-state index contributed by atoms with van der Waals surface area (Å²) in [7, 11) is 0. The maximum Gasteiger partial charge on any atom is 0.123 e. The number of hydrogen-bond donors (Lipinski definition) is 1. The molecule has 0 heterocycles. The van der Waals surface area contributed by atoms with Crippen molar-refractivity contribution in [3.8, 4) is 0 Å².